The Morgan fingerprint density at radius 1 is 1.89 bits per heavy atom. The lowest BCUT2D eigenvalue weighted by molar-refractivity contribution is 0.565. The smallest absolute Gasteiger partial charge is 0.242 e. The molecule has 0 spiro atoms. The van der Waals surface area contributed by atoms with Crippen LogP contribution in [-0.2, 0) is 4.79 Å². The first-order valence-electron chi connectivity index (χ1n) is 2.11. The zero-order chi connectivity index (χ0) is 6.69. The molecule has 0 saturated carbocycles. The highest BCUT2D eigenvalue weighted by molar-refractivity contribution is 6.29. The molecule has 0 atom stereocenters. The van der Waals surface area contributed by atoms with Gasteiger partial charge in [-0.2, -0.15) is 5.10 Å². The van der Waals surface area contributed by atoms with Crippen LogP contribution >= 0.6 is 11.6 Å². The van der Waals surface area contributed by atoms with Crippen molar-refractivity contribution in [1.29, 1.82) is 0 Å². The summed E-state index contributed by atoms with van der Waals surface area (Å²) >= 11 is 5.39. The van der Waals surface area contributed by atoms with Gasteiger partial charge in [0, 0.05) is 6.07 Å². The minimum atomic E-state index is 0.245. The second-order valence-corrected chi connectivity index (χ2v) is 1.68. The summed E-state index contributed by atoms with van der Waals surface area (Å²) in [7, 11) is 0. The van der Waals surface area contributed by atoms with E-state index in [0.29, 0.717) is 5.15 Å². The Kier molecular flexibility index (Phi) is 1.63. The Balaban J connectivity index is 2.97. The average Bonchev–Trinajstić information content (AvgIpc) is 2.17. The van der Waals surface area contributed by atoms with Crippen LogP contribution in [0.5, 0.6) is 0 Å². The van der Waals surface area contributed by atoms with Crippen LogP contribution in [-0.4, -0.2) is 16.3 Å². The van der Waals surface area contributed by atoms with Gasteiger partial charge in [0.1, 0.15) is 5.15 Å². The predicted molar refractivity (Wildman–Crippen MR) is 31.4 cm³/mol. The highest BCUT2D eigenvalue weighted by atomic mass is 35.5. The van der Waals surface area contributed by atoms with Crippen molar-refractivity contribution in [2.75, 3.05) is 0 Å². The molecule has 1 heterocycles. The van der Waals surface area contributed by atoms with Gasteiger partial charge in [-0.05, 0) is 0 Å². The normalized spacial score (nSPS) is 8.56. The quantitative estimate of drug-likeness (QED) is 0.472. The Morgan fingerprint density at radius 2 is 2.67 bits per heavy atom. The second kappa shape index (κ2) is 2.44. The van der Waals surface area contributed by atoms with Crippen molar-refractivity contribution < 1.29 is 4.79 Å². The van der Waals surface area contributed by atoms with Gasteiger partial charge in [0.25, 0.3) is 0 Å². The van der Waals surface area contributed by atoms with Crippen LogP contribution in [0, 0.1) is 0 Å². The number of aromatic nitrogens is 2. The molecule has 9 heavy (non-hydrogen) atoms. The van der Waals surface area contributed by atoms with Crippen LogP contribution in [0.3, 0.4) is 0 Å². The van der Waals surface area contributed by atoms with E-state index in [9.17, 15) is 4.79 Å². The van der Waals surface area contributed by atoms with E-state index in [1.54, 1.807) is 0 Å². The van der Waals surface area contributed by atoms with Gasteiger partial charge >= 0.3 is 0 Å². The summed E-state index contributed by atoms with van der Waals surface area (Å²) in [6.45, 7) is 0. The molecule has 1 rings (SSSR count). The minimum absolute atomic E-state index is 0.245. The number of aliphatic imine (C=N–C) groups is 1. The van der Waals surface area contributed by atoms with Crippen molar-refractivity contribution in [3.05, 3.63) is 11.2 Å². The summed E-state index contributed by atoms with van der Waals surface area (Å²) in [6, 6.07) is 1.42. The van der Waals surface area contributed by atoms with Gasteiger partial charge in [-0.1, -0.05) is 11.6 Å². The Bertz CT molecular complexity index is 250. The minimum Gasteiger partial charge on any atom is -0.265 e. The van der Waals surface area contributed by atoms with Gasteiger partial charge in [0.15, 0.2) is 5.82 Å². The lowest BCUT2D eigenvalue weighted by Gasteiger charge is -1.67. The van der Waals surface area contributed by atoms with Crippen molar-refractivity contribution in [3.8, 4) is 0 Å². The van der Waals surface area contributed by atoms with Crippen LogP contribution in [0.25, 0.3) is 0 Å². The van der Waals surface area contributed by atoms with Crippen molar-refractivity contribution in [2.45, 2.75) is 0 Å². The molecular formula is C4H2ClN3O. The Hall–Kier alpha value is -1.12. The number of aromatic amines is 1. The van der Waals surface area contributed by atoms with Gasteiger partial charge in [-0.3, -0.25) is 5.10 Å². The lowest BCUT2D eigenvalue weighted by atomic mass is 10.7. The monoisotopic (exact) mass is 143 g/mol. The first kappa shape index (κ1) is 6.01. The molecule has 4 nitrogen and oxygen atoms in total. The number of H-pyrrole nitrogens is 1. The van der Waals surface area contributed by atoms with Gasteiger partial charge < -0.3 is 0 Å². The van der Waals surface area contributed by atoms with E-state index in [1.807, 2.05) is 0 Å². The number of hydrogen-bond acceptors (Lipinski definition) is 3. The molecular weight excluding hydrogens is 142 g/mol. The maximum Gasteiger partial charge on any atom is 0.242 e. The first-order chi connectivity index (χ1) is 4.33. The zero-order valence-corrected chi connectivity index (χ0v) is 5.01. The summed E-state index contributed by atoms with van der Waals surface area (Å²) in [4.78, 5) is 12.8. The average molecular weight is 144 g/mol. The molecule has 0 radical (unpaired) electrons. The summed E-state index contributed by atoms with van der Waals surface area (Å²) in [5, 5.41) is 6.27. The standard InChI is InChI=1S/C4H2ClN3O/c5-3-1-4(6-2-9)8-7-3/h1H,(H,7,8). The third kappa shape index (κ3) is 1.38. The summed E-state index contributed by atoms with van der Waals surface area (Å²) in [5.41, 5.74) is 0. The topological polar surface area (TPSA) is 58.1 Å². The van der Waals surface area contributed by atoms with Crippen LogP contribution in [0.4, 0.5) is 5.82 Å². The van der Waals surface area contributed by atoms with Crippen LogP contribution in [0.2, 0.25) is 5.15 Å². The number of nitrogens with one attached hydrogen (secondary N) is 1. The largest absolute Gasteiger partial charge is 0.265 e. The van der Waals surface area contributed by atoms with E-state index in [1.165, 1.54) is 12.1 Å². The van der Waals surface area contributed by atoms with Crippen molar-refractivity contribution in [2.24, 2.45) is 4.99 Å². The fourth-order valence-electron chi connectivity index (χ4n) is 0.393. The molecule has 0 aliphatic heterocycles. The van der Waals surface area contributed by atoms with Crippen LogP contribution in [0.15, 0.2) is 11.1 Å². The number of nitrogens with zero attached hydrogens (tertiary/aromatic N) is 2. The van der Waals surface area contributed by atoms with Crippen LogP contribution < -0.4 is 0 Å². The fourth-order valence-corrected chi connectivity index (χ4v) is 0.532. The Morgan fingerprint density at radius 3 is 3.11 bits per heavy atom. The molecule has 0 unspecified atom stereocenters. The molecule has 0 aliphatic rings. The van der Waals surface area contributed by atoms with Crippen molar-refractivity contribution in [3.63, 3.8) is 0 Å². The molecule has 5 heteroatoms. The fraction of sp³-hybridized carbons (Fsp3) is 0. The third-order valence-electron chi connectivity index (χ3n) is 0.693. The van der Waals surface area contributed by atoms with E-state index in [-0.39, 0.29) is 5.82 Å². The molecule has 1 N–H and O–H groups in total. The highest BCUT2D eigenvalue weighted by Gasteiger charge is 1.92. The van der Waals surface area contributed by atoms with E-state index in [4.69, 9.17) is 11.6 Å². The van der Waals surface area contributed by atoms with Gasteiger partial charge in [-0.25, -0.2) is 4.79 Å². The number of halogens is 1. The molecule has 0 saturated heterocycles. The zero-order valence-electron chi connectivity index (χ0n) is 4.26. The van der Waals surface area contributed by atoms with E-state index in [2.05, 4.69) is 15.2 Å². The Labute approximate surface area is 55.6 Å². The molecule has 0 fully saturated rings. The van der Waals surface area contributed by atoms with Crippen molar-refractivity contribution in [1.82, 2.24) is 10.2 Å². The maximum absolute atomic E-state index is 9.59. The van der Waals surface area contributed by atoms with Gasteiger partial charge in [0.05, 0.1) is 0 Å². The summed E-state index contributed by atoms with van der Waals surface area (Å²) in [5.74, 6) is 0.245. The molecule has 1 aromatic heterocycles. The highest BCUT2D eigenvalue weighted by Crippen LogP contribution is 2.11. The van der Waals surface area contributed by atoms with E-state index >= 15 is 0 Å². The molecule has 1 aromatic rings. The number of carbonyl (C=O) groups excluding carboxylic acids is 1. The molecule has 0 aromatic carbocycles. The predicted octanol–water partition coefficient (Wildman–Crippen LogP) is 1.03. The van der Waals surface area contributed by atoms with Gasteiger partial charge in [0.2, 0.25) is 6.08 Å². The molecule has 0 amide bonds. The van der Waals surface area contributed by atoms with E-state index in [0.717, 1.165) is 0 Å². The SMILES string of the molecule is O=C=Nc1cc(Cl)[nH]n1. The van der Waals surface area contributed by atoms with Gasteiger partial charge in [-0.15, -0.1) is 4.99 Å². The maximum atomic E-state index is 9.59. The number of hydrogen-bond donors (Lipinski definition) is 1. The lowest BCUT2D eigenvalue weighted by Crippen LogP contribution is -1.62. The second-order valence-electron chi connectivity index (χ2n) is 1.28. The molecule has 0 bridgehead atoms. The van der Waals surface area contributed by atoms with E-state index < -0.39 is 0 Å². The molecule has 0 aliphatic carbocycles. The number of rotatable bonds is 1. The number of isocyanates is 1. The third-order valence-corrected chi connectivity index (χ3v) is 0.887. The molecule has 46 valence electrons. The summed E-state index contributed by atoms with van der Waals surface area (Å²) < 4.78 is 0. The summed E-state index contributed by atoms with van der Waals surface area (Å²) in [6.07, 6.45) is 1.33. The first-order valence-corrected chi connectivity index (χ1v) is 2.49. The van der Waals surface area contributed by atoms with Crippen LogP contribution in [0.1, 0.15) is 0 Å². The van der Waals surface area contributed by atoms with Crippen molar-refractivity contribution >= 4 is 23.5 Å².